The van der Waals surface area contributed by atoms with Crippen LogP contribution >= 0.6 is 0 Å². The summed E-state index contributed by atoms with van der Waals surface area (Å²) in [6.45, 7) is 20.2. The first-order chi connectivity index (χ1) is 26.0. The van der Waals surface area contributed by atoms with Crippen molar-refractivity contribution in [1.29, 1.82) is 0 Å². The zero-order valence-electron chi connectivity index (χ0n) is 34.9. The minimum absolute atomic E-state index is 0.0175. The summed E-state index contributed by atoms with van der Waals surface area (Å²) in [6, 6.07) is 0. The molecule has 55 heavy (non-hydrogen) atoms. The van der Waals surface area contributed by atoms with Crippen molar-refractivity contribution in [2.24, 2.45) is 35.5 Å². The molecule has 0 amide bonds. The molecule has 312 valence electrons. The van der Waals surface area contributed by atoms with Crippen molar-refractivity contribution in [3.8, 4) is 0 Å². The van der Waals surface area contributed by atoms with E-state index in [0.717, 1.165) is 25.7 Å². The minimum atomic E-state index is -1.35. The van der Waals surface area contributed by atoms with Gasteiger partial charge in [-0.3, -0.25) is 4.79 Å². The highest BCUT2D eigenvalue weighted by atomic mass is 16.8. The van der Waals surface area contributed by atoms with Crippen molar-refractivity contribution < 1.29 is 43.8 Å². The number of tetrazole rings is 1. The molecular formula is C42H70N4O9. The van der Waals surface area contributed by atoms with Gasteiger partial charge in [0.25, 0.3) is 0 Å². The first-order valence-corrected chi connectivity index (χ1v) is 21.4. The Balaban J connectivity index is 1.16. The zero-order valence-corrected chi connectivity index (χ0v) is 34.9. The van der Waals surface area contributed by atoms with E-state index in [9.17, 15) is 20.1 Å². The number of carbonyl (C=O) groups is 1. The molecule has 0 aromatic carbocycles. The summed E-state index contributed by atoms with van der Waals surface area (Å²) in [6.07, 6.45) is 7.01. The fraction of sp³-hybridized carbons (Fsp3) is 0.905. The van der Waals surface area contributed by atoms with Crippen LogP contribution in [0.5, 0.6) is 0 Å². The number of aliphatic hydroxyl groups is 3. The quantitative estimate of drug-likeness (QED) is 0.189. The van der Waals surface area contributed by atoms with Gasteiger partial charge >= 0.3 is 0 Å². The maximum atomic E-state index is 14.5. The molecule has 5 aliphatic rings. The third kappa shape index (κ3) is 7.87. The van der Waals surface area contributed by atoms with Crippen LogP contribution in [-0.2, 0) is 28.5 Å². The van der Waals surface area contributed by atoms with Crippen LogP contribution in [0.3, 0.4) is 0 Å². The summed E-state index contributed by atoms with van der Waals surface area (Å²) < 4.78 is 33.9. The molecule has 1 aromatic heterocycles. The first-order valence-electron chi connectivity index (χ1n) is 21.4. The average molecular weight is 775 g/mol. The predicted molar refractivity (Wildman–Crippen MR) is 204 cm³/mol. The number of rotatable bonds is 12. The third-order valence-corrected chi connectivity index (χ3v) is 14.8. The summed E-state index contributed by atoms with van der Waals surface area (Å²) in [5.41, 5.74) is -1.61. The number of hydrogen-bond donors (Lipinski definition) is 4. The van der Waals surface area contributed by atoms with E-state index in [1.165, 1.54) is 0 Å². The summed E-state index contributed by atoms with van der Waals surface area (Å²) >= 11 is 0. The molecule has 6 heterocycles. The van der Waals surface area contributed by atoms with Gasteiger partial charge in [-0.05, 0) is 106 Å². The van der Waals surface area contributed by atoms with Crippen LogP contribution in [0.4, 0.5) is 0 Å². The van der Waals surface area contributed by atoms with Crippen molar-refractivity contribution in [1.82, 2.24) is 20.6 Å². The van der Waals surface area contributed by atoms with Gasteiger partial charge in [-0.1, -0.05) is 55.4 Å². The summed E-state index contributed by atoms with van der Waals surface area (Å²) in [7, 11) is 0. The summed E-state index contributed by atoms with van der Waals surface area (Å²) in [5, 5.41) is 49.0. The molecule has 13 heteroatoms. The lowest BCUT2D eigenvalue weighted by molar-refractivity contribution is -0.409. The predicted octanol–water partition coefficient (Wildman–Crippen LogP) is 5.78. The molecule has 5 aliphatic heterocycles. The lowest BCUT2D eigenvalue weighted by Crippen LogP contribution is -2.63. The monoisotopic (exact) mass is 775 g/mol. The van der Waals surface area contributed by atoms with Gasteiger partial charge in [0, 0.05) is 36.0 Å². The Morgan fingerprint density at radius 2 is 1.73 bits per heavy atom. The molecule has 13 nitrogen and oxygen atoms in total. The van der Waals surface area contributed by atoms with E-state index in [1.807, 2.05) is 47.6 Å². The molecular weight excluding hydrogens is 704 g/mol. The van der Waals surface area contributed by atoms with Gasteiger partial charge in [-0.2, -0.15) is 0 Å². The number of aliphatic hydroxyl groups excluding tert-OH is 2. The van der Waals surface area contributed by atoms with Gasteiger partial charge in [0.15, 0.2) is 11.6 Å². The van der Waals surface area contributed by atoms with E-state index in [2.05, 4.69) is 48.3 Å². The van der Waals surface area contributed by atoms with Crippen molar-refractivity contribution in [3.63, 3.8) is 0 Å². The number of aromatic amines is 1. The zero-order chi connectivity index (χ0) is 40.1. The Morgan fingerprint density at radius 1 is 0.982 bits per heavy atom. The second kappa shape index (κ2) is 16.4. The lowest BCUT2D eigenvalue weighted by Gasteiger charge is -2.54. The number of nitrogens with one attached hydrogen (secondary N) is 1. The number of Topliss-reactive ketones (excluding diaryl/α,β-unsaturated/α-hetero) is 1. The number of aromatic nitrogens is 4. The molecule has 0 unspecified atom stereocenters. The number of carbonyl (C=O) groups excluding carboxylic acids is 1. The van der Waals surface area contributed by atoms with Crippen molar-refractivity contribution >= 4 is 5.78 Å². The van der Waals surface area contributed by atoms with Gasteiger partial charge in [0.2, 0.25) is 5.79 Å². The molecule has 1 aromatic rings. The normalized spacial score (nSPS) is 45.0. The van der Waals surface area contributed by atoms with Crippen LogP contribution in [0.2, 0.25) is 0 Å². The summed E-state index contributed by atoms with van der Waals surface area (Å²) in [4.78, 5) is 14.5. The maximum Gasteiger partial charge on any atom is 0.202 e. The van der Waals surface area contributed by atoms with Crippen molar-refractivity contribution in [2.75, 3.05) is 0 Å². The molecule has 4 fully saturated rings. The Labute approximate surface area is 328 Å². The molecule has 4 saturated heterocycles. The highest BCUT2D eigenvalue weighted by Gasteiger charge is 2.63. The van der Waals surface area contributed by atoms with E-state index < -0.39 is 52.9 Å². The van der Waals surface area contributed by atoms with E-state index >= 15 is 0 Å². The fourth-order valence-corrected chi connectivity index (χ4v) is 10.8. The molecule has 18 atom stereocenters. The van der Waals surface area contributed by atoms with Crippen LogP contribution in [-0.4, -0.2) is 107 Å². The number of ether oxygens (including phenoxy) is 5. The standard InChI is InChI=1S/C42H70N4O9/c1-11-29(38-43-45-46-44-38)31-15-14-23(4)36(52-31)27(8)34(48)26(7)35(49)30(12-2)37-24(5)22-25(6)41(53-37)19-16-32(47)42(55-41)21-20-39(10,54-42)33-17-18-40(50,13-3)28(9)51-33/h16,19,23-34,36-37,47-48,50H,11-15,17-18,20-22H2,1-10H3,(H,43,44,45,46)/t23-,24-,25+,26-,27-,28-,29+,30-,31+,32+,33+,34+,36+,37-,39-,40+,41-,42-/m0/s1. The molecule has 0 radical (unpaired) electrons. The average Bonchev–Trinajstić information content (AvgIpc) is 3.82. The molecule has 4 N–H and O–H groups in total. The van der Waals surface area contributed by atoms with Gasteiger partial charge in [0.05, 0.1) is 47.8 Å². The smallest absolute Gasteiger partial charge is 0.202 e. The van der Waals surface area contributed by atoms with Crippen LogP contribution in [0.15, 0.2) is 12.2 Å². The number of hydrogen-bond acceptors (Lipinski definition) is 12. The maximum absolute atomic E-state index is 14.5. The van der Waals surface area contributed by atoms with Crippen LogP contribution in [0.25, 0.3) is 0 Å². The van der Waals surface area contributed by atoms with Crippen molar-refractivity contribution in [2.45, 2.75) is 205 Å². The number of H-pyrrole nitrogens is 1. The Morgan fingerprint density at radius 3 is 2.36 bits per heavy atom. The molecule has 0 saturated carbocycles. The summed E-state index contributed by atoms with van der Waals surface area (Å²) in [5.74, 6) is -3.14. The van der Waals surface area contributed by atoms with E-state index in [0.29, 0.717) is 44.3 Å². The fourth-order valence-electron chi connectivity index (χ4n) is 10.8. The molecule has 0 aliphatic carbocycles. The van der Waals surface area contributed by atoms with Crippen LogP contribution in [0.1, 0.15) is 145 Å². The van der Waals surface area contributed by atoms with E-state index in [1.54, 1.807) is 6.08 Å². The van der Waals surface area contributed by atoms with Gasteiger partial charge < -0.3 is 39.0 Å². The van der Waals surface area contributed by atoms with Crippen LogP contribution < -0.4 is 0 Å². The highest BCUT2D eigenvalue weighted by molar-refractivity contribution is 5.84. The lowest BCUT2D eigenvalue weighted by atomic mass is 9.72. The van der Waals surface area contributed by atoms with Crippen LogP contribution in [0, 0.1) is 35.5 Å². The van der Waals surface area contributed by atoms with Gasteiger partial charge in [-0.15, -0.1) is 5.10 Å². The van der Waals surface area contributed by atoms with E-state index in [4.69, 9.17) is 23.7 Å². The molecule has 0 bridgehead atoms. The Kier molecular flexibility index (Phi) is 12.8. The second-order valence-corrected chi connectivity index (χ2v) is 18.4. The number of ketones is 1. The SMILES string of the molecule is CC[C@@H](C(=O)[C@@H](C)[C@@H](O)[C@H](C)[C@@H]1O[C@@H]([C@@H](CC)c2nnn[nH]2)CC[C@@H]1C)[C@H]1O[C@]2(C=C[C@@H](O)[C@]3(CC[C@@](C)([C@H]4CC[C@](O)(CC)[C@H](C)O4)O3)O2)[C@H](C)C[C@@H]1C. The van der Waals surface area contributed by atoms with E-state index in [-0.39, 0.29) is 59.8 Å². The molecule has 2 spiro atoms. The minimum Gasteiger partial charge on any atom is -0.392 e. The van der Waals surface area contributed by atoms with Gasteiger partial charge in [0.1, 0.15) is 11.9 Å². The Hall–Kier alpha value is -1.84. The molecule has 6 rings (SSSR count). The highest BCUT2D eigenvalue weighted by Crippen LogP contribution is 2.54. The number of nitrogens with zero attached hydrogens (tertiary/aromatic N) is 3. The Bertz CT molecular complexity index is 1480. The second-order valence-electron chi connectivity index (χ2n) is 18.4. The third-order valence-electron chi connectivity index (χ3n) is 14.8. The van der Waals surface area contributed by atoms with Gasteiger partial charge in [-0.25, -0.2) is 5.10 Å². The first kappa shape index (κ1) is 42.8. The topological polar surface area (TPSA) is 178 Å². The largest absolute Gasteiger partial charge is 0.392 e. The van der Waals surface area contributed by atoms with Crippen molar-refractivity contribution in [3.05, 3.63) is 18.0 Å².